The van der Waals surface area contributed by atoms with Crippen LogP contribution in [0.3, 0.4) is 0 Å². The molecule has 1 aliphatic heterocycles. The summed E-state index contributed by atoms with van der Waals surface area (Å²) in [6.07, 6.45) is 1.13. The minimum absolute atomic E-state index is 0.151. The molecule has 1 amide bonds. The predicted molar refractivity (Wildman–Crippen MR) is 112 cm³/mol. The smallest absolute Gasteiger partial charge is 0.357 e. The molecule has 1 aromatic heterocycles. The Morgan fingerprint density at radius 2 is 1.87 bits per heavy atom. The molecular formula is C23H21N3O5. The fourth-order valence-corrected chi connectivity index (χ4v) is 3.38. The highest BCUT2D eigenvalue weighted by molar-refractivity contribution is 5.97. The predicted octanol–water partition coefficient (Wildman–Crippen LogP) is 3.66. The van der Waals surface area contributed by atoms with Crippen LogP contribution in [0.25, 0.3) is 5.69 Å². The van der Waals surface area contributed by atoms with Gasteiger partial charge in [-0.15, -0.1) is 0 Å². The number of carbonyl (C=O) groups is 2. The van der Waals surface area contributed by atoms with Crippen LogP contribution in [-0.4, -0.2) is 34.6 Å². The molecule has 158 valence electrons. The van der Waals surface area contributed by atoms with Crippen LogP contribution in [-0.2, 0) is 9.53 Å². The van der Waals surface area contributed by atoms with Gasteiger partial charge in [0.05, 0.1) is 11.4 Å². The van der Waals surface area contributed by atoms with Gasteiger partial charge in [-0.05, 0) is 50.1 Å². The van der Waals surface area contributed by atoms with E-state index < -0.39 is 18.0 Å². The van der Waals surface area contributed by atoms with Crippen molar-refractivity contribution in [1.82, 2.24) is 9.78 Å². The Labute approximate surface area is 178 Å². The van der Waals surface area contributed by atoms with Gasteiger partial charge in [-0.3, -0.25) is 4.79 Å². The highest BCUT2D eigenvalue weighted by atomic mass is 16.7. The van der Waals surface area contributed by atoms with Gasteiger partial charge in [-0.1, -0.05) is 18.2 Å². The number of carbonyl (C=O) groups excluding carboxylic acids is 2. The quantitative estimate of drug-likeness (QED) is 0.613. The third kappa shape index (κ3) is 3.96. The van der Waals surface area contributed by atoms with Crippen LogP contribution in [0.4, 0.5) is 5.69 Å². The molecule has 8 nitrogen and oxygen atoms in total. The number of ether oxygens (including phenoxy) is 3. The Hall–Kier alpha value is -3.81. The molecule has 0 spiro atoms. The number of fused-ring (bicyclic) bond motifs is 1. The van der Waals surface area contributed by atoms with Crippen LogP contribution in [0.2, 0.25) is 0 Å². The zero-order valence-corrected chi connectivity index (χ0v) is 16.9. The molecule has 0 radical (unpaired) electrons. The zero-order valence-electron chi connectivity index (χ0n) is 16.9. The van der Waals surface area contributed by atoms with Crippen molar-refractivity contribution >= 4 is 17.6 Å². The summed E-state index contributed by atoms with van der Waals surface area (Å²) in [5.74, 6) is 0.514. The van der Waals surface area contributed by atoms with Gasteiger partial charge in [0.1, 0.15) is 0 Å². The van der Waals surface area contributed by atoms with Gasteiger partial charge in [0.15, 0.2) is 23.3 Å². The van der Waals surface area contributed by atoms with E-state index in [9.17, 15) is 9.59 Å². The summed E-state index contributed by atoms with van der Waals surface area (Å²) < 4.78 is 17.6. The van der Waals surface area contributed by atoms with Gasteiger partial charge >= 0.3 is 5.97 Å². The maximum Gasteiger partial charge on any atom is 0.357 e. The monoisotopic (exact) mass is 419 g/mol. The van der Waals surface area contributed by atoms with Gasteiger partial charge < -0.3 is 19.5 Å². The minimum Gasteiger partial charge on any atom is -0.454 e. The topological polar surface area (TPSA) is 91.7 Å². The van der Waals surface area contributed by atoms with E-state index in [0.717, 1.165) is 24.2 Å². The molecular weight excluding hydrogens is 398 g/mol. The lowest BCUT2D eigenvalue weighted by Gasteiger charge is -2.14. The first-order chi connectivity index (χ1) is 15.1. The second kappa shape index (κ2) is 7.79. The molecule has 5 rings (SSSR count). The summed E-state index contributed by atoms with van der Waals surface area (Å²) in [6, 6.07) is 16.2. The lowest BCUT2D eigenvalue weighted by atomic mass is 10.2. The summed E-state index contributed by atoms with van der Waals surface area (Å²) >= 11 is 0. The van der Waals surface area contributed by atoms with Gasteiger partial charge in [-0.25, -0.2) is 9.48 Å². The average molecular weight is 419 g/mol. The van der Waals surface area contributed by atoms with Gasteiger partial charge in [0.2, 0.25) is 6.79 Å². The van der Waals surface area contributed by atoms with E-state index in [2.05, 4.69) is 10.4 Å². The number of hydrogen-bond donors (Lipinski definition) is 1. The van der Waals surface area contributed by atoms with Crippen molar-refractivity contribution in [2.75, 3.05) is 12.1 Å². The SMILES string of the molecule is C[C@H](OC(=O)c1cc(C2CC2)nn1-c1ccccc1)C(=O)Nc1ccc2c(c1)OCO2. The van der Waals surface area contributed by atoms with Crippen molar-refractivity contribution in [3.63, 3.8) is 0 Å². The summed E-state index contributed by atoms with van der Waals surface area (Å²) in [5, 5.41) is 7.34. The molecule has 31 heavy (non-hydrogen) atoms. The molecule has 0 bridgehead atoms. The first-order valence-electron chi connectivity index (χ1n) is 10.2. The summed E-state index contributed by atoms with van der Waals surface area (Å²) in [4.78, 5) is 25.5. The normalized spacial score (nSPS) is 15.4. The van der Waals surface area contributed by atoms with E-state index in [1.807, 2.05) is 30.3 Å². The summed E-state index contributed by atoms with van der Waals surface area (Å²) in [7, 11) is 0. The molecule has 8 heteroatoms. The lowest BCUT2D eigenvalue weighted by Crippen LogP contribution is -2.30. The molecule has 1 aliphatic carbocycles. The standard InChI is InChI=1S/C23H21N3O5/c1-14(22(27)24-16-9-10-20-21(11-16)30-13-29-20)31-23(28)19-12-18(15-7-8-15)25-26(19)17-5-3-2-4-6-17/h2-6,9-12,14-15H,7-8,13H2,1H3,(H,24,27)/t14-/m0/s1. The minimum atomic E-state index is -0.999. The van der Waals surface area contributed by atoms with E-state index in [-0.39, 0.29) is 6.79 Å². The third-order valence-electron chi connectivity index (χ3n) is 5.23. The maximum absolute atomic E-state index is 12.9. The lowest BCUT2D eigenvalue weighted by molar-refractivity contribution is -0.123. The number of esters is 1. The number of anilines is 1. The Bertz CT molecular complexity index is 1140. The summed E-state index contributed by atoms with van der Waals surface area (Å²) in [5.41, 5.74) is 2.46. The first-order valence-corrected chi connectivity index (χ1v) is 10.2. The molecule has 2 aromatic carbocycles. The fourth-order valence-electron chi connectivity index (χ4n) is 3.38. The Balaban J connectivity index is 1.31. The Morgan fingerprint density at radius 3 is 2.65 bits per heavy atom. The van der Waals surface area contributed by atoms with E-state index in [4.69, 9.17) is 14.2 Å². The number of para-hydroxylation sites is 1. The van der Waals surface area contributed by atoms with Crippen LogP contribution in [0.15, 0.2) is 54.6 Å². The second-order valence-corrected chi connectivity index (χ2v) is 7.58. The van der Waals surface area contributed by atoms with Crippen molar-refractivity contribution in [3.05, 3.63) is 66.0 Å². The van der Waals surface area contributed by atoms with E-state index >= 15 is 0 Å². The van der Waals surface area contributed by atoms with Crippen molar-refractivity contribution in [2.24, 2.45) is 0 Å². The Morgan fingerprint density at radius 1 is 1.10 bits per heavy atom. The number of benzene rings is 2. The largest absolute Gasteiger partial charge is 0.454 e. The number of aromatic nitrogens is 2. The van der Waals surface area contributed by atoms with Crippen molar-refractivity contribution in [3.8, 4) is 17.2 Å². The van der Waals surface area contributed by atoms with Crippen molar-refractivity contribution in [2.45, 2.75) is 31.8 Å². The number of hydrogen-bond acceptors (Lipinski definition) is 6. The van der Waals surface area contributed by atoms with Gasteiger partial charge in [-0.2, -0.15) is 5.10 Å². The zero-order chi connectivity index (χ0) is 21.4. The van der Waals surface area contributed by atoms with E-state index in [1.54, 1.807) is 28.9 Å². The molecule has 0 saturated heterocycles. The van der Waals surface area contributed by atoms with Crippen LogP contribution < -0.4 is 14.8 Å². The molecule has 1 saturated carbocycles. The highest BCUT2D eigenvalue weighted by Crippen LogP contribution is 2.40. The van der Waals surface area contributed by atoms with Crippen LogP contribution >= 0.6 is 0 Å². The number of amides is 1. The third-order valence-corrected chi connectivity index (χ3v) is 5.23. The molecule has 2 aliphatic rings. The molecule has 3 aromatic rings. The van der Waals surface area contributed by atoms with Crippen LogP contribution in [0, 0.1) is 0 Å². The maximum atomic E-state index is 12.9. The number of nitrogens with zero attached hydrogens (tertiary/aromatic N) is 2. The second-order valence-electron chi connectivity index (χ2n) is 7.58. The molecule has 2 heterocycles. The van der Waals surface area contributed by atoms with Crippen LogP contribution in [0.5, 0.6) is 11.5 Å². The fraction of sp³-hybridized carbons (Fsp3) is 0.261. The van der Waals surface area contributed by atoms with Gasteiger partial charge in [0.25, 0.3) is 5.91 Å². The highest BCUT2D eigenvalue weighted by Gasteiger charge is 2.30. The van der Waals surface area contributed by atoms with Gasteiger partial charge in [0, 0.05) is 17.7 Å². The van der Waals surface area contributed by atoms with Crippen molar-refractivity contribution in [1.29, 1.82) is 0 Å². The number of nitrogens with one attached hydrogen (secondary N) is 1. The molecule has 1 fully saturated rings. The van der Waals surface area contributed by atoms with Crippen molar-refractivity contribution < 1.29 is 23.8 Å². The molecule has 1 atom stereocenters. The molecule has 0 unspecified atom stereocenters. The average Bonchev–Trinajstić information content (AvgIpc) is 3.35. The number of rotatable bonds is 6. The Kier molecular flexibility index (Phi) is 4.82. The van der Waals surface area contributed by atoms with Crippen LogP contribution in [0.1, 0.15) is 41.9 Å². The van der Waals surface area contributed by atoms with E-state index in [1.165, 1.54) is 6.92 Å². The summed E-state index contributed by atoms with van der Waals surface area (Å²) in [6.45, 7) is 1.68. The van der Waals surface area contributed by atoms with E-state index in [0.29, 0.717) is 28.8 Å². The molecule has 1 N–H and O–H groups in total. The first kappa shape index (κ1) is 19.2.